The van der Waals surface area contributed by atoms with E-state index < -0.39 is 0 Å². The van der Waals surface area contributed by atoms with Crippen LogP contribution in [0.3, 0.4) is 0 Å². The third kappa shape index (κ3) is 3.29. The van der Waals surface area contributed by atoms with Crippen molar-refractivity contribution in [2.45, 2.75) is 36.6 Å². The fourth-order valence-electron chi connectivity index (χ4n) is 2.10. The average molecular weight is 304 g/mol. The van der Waals surface area contributed by atoms with Crippen molar-refractivity contribution in [1.29, 1.82) is 0 Å². The topological polar surface area (TPSA) is 44.1 Å². The first-order valence-corrected chi connectivity index (χ1v) is 7.61. The highest BCUT2D eigenvalue weighted by atomic mass is 32.2. The lowest BCUT2D eigenvalue weighted by Crippen LogP contribution is -2.12. The molecule has 0 spiro atoms. The van der Waals surface area contributed by atoms with Crippen molar-refractivity contribution < 1.29 is 9.53 Å². The van der Waals surface area contributed by atoms with Crippen LogP contribution in [0.15, 0.2) is 34.2 Å². The first-order valence-electron chi connectivity index (χ1n) is 6.79. The Hall–Kier alpha value is -1.75. The van der Waals surface area contributed by atoms with Crippen LogP contribution in [0, 0.1) is 13.8 Å². The molecule has 1 aromatic heterocycles. The zero-order valence-electron chi connectivity index (χ0n) is 13.0. The molecule has 2 aromatic rings. The molecular weight excluding hydrogens is 284 g/mol. The summed E-state index contributed by atoms with van der Waals surface area (Å²) >= 11 is 1.62. The Labute approximate surface area is 129 Å². The van der Waals surface area contributed by atoms with E-state index in [1.54, 1.807) is 11.8 Å². The number of benzene rings is 1. The standard InChI is InChI=1S/C16H20N2O2S/c1-10-7-6-8-13(9-10)21-15-14(11(2)16(19)20-5)17-12(3)18(15)4/h6-9,11H,1-5H3. The van der Waals surface area contributed by atoms with Crippen LogP contribution in [0.2, 0.25) is 0 Å². The molecule has 0 aliphatic rings. The molecule has 0 saturated carbocycles. The lowest BCUT2D eigenvalue weighted by Gasteiger charge is -2.11. The molecule has 1 heterocycles. The summed E-state index contributed by atoms with van der Waals surface area (Å²) in [5, 5.41) is 0.982. The number of carbonyl (C=O) groups is 1. The largest absolute Gasteiger partial charge is 0.469 e. The van der Waals surface area contributed by atoms with E-state index in [2.05, 4.69) is 30.1 Å². The predicted molar refractivity (Wildman–Crippen MR) is 83.7 cm³/mol. The van der Waals surface area contributed by atoms with Gasteiger partial charge in [-0.1, -0.05) is 29.5 Å². The van der Waals surface area contributed by atoms with Crippen molar-refractivity contribution in [2.24, 2.45) is 7.05 Å². The Balaban J connectivity index is 2.40. The minimum Gasteiger partial charge on any atom is -0.469 e. The fraction of sp³-hybridized carbons (Fsp3) is 0.375. The number of rotatable bonds is 4. The van der Waals surface area contributed by atoms with Gasteiger partial charge in [0.2, 0.25) is 0 Å². The zero-order valence-corrected chi connectivity index (χ0v) is 13.8. The highest BCUT2D eigenvalue weighted by Crippen LogP contribution is 2.34. The molecular formula is C16H20N2O2S. The van der Waals surface area contributed by atoms with Crippen molar-refractivity contribution in [3.05, 3.63) is 41.3 Å². The maximum absolute atomic E-state index is 11.8. The van der Waals surface area contributed by atoms with Crippen LogP contribution in [-0.4, -0.2) is 22.6 Å². The van der Waals surface area contributed by atoms with E-state index >= 15 is 0 Å². The first kappa shape index (κ1) is 15.6. The molecule has 0 saturated heterocycles. The molecule has 0 aliphatic heterocycles. The number of ether oxygens (including phenoxy) is 1. The number of aryl methyl sites for hydroxylation is 2. The second-order valence-corrected chi connectivity index (χ2v) is 6.13. The van der Waals surface area contributed by atoms with Crippen LogP contribution in [-0.2, 0) is 16.6 Å². The third-order valence-corrected chi connectivity index (χ3v) is 4.63. The minimum atomic E-state index is -0.373. The van der Waals surface area contributed by atoms with Crippen molar-refractivity contribution in [2.75, 3.05) is 7.11 Å². The summed E-state index contributed by atoms with van der Waals surface area (Å²) in [5.41, 5.74) is 1.98. The van der Waals surface area contributed by atoms with Gasteiger partial charge in [-0.05, 0) is 32.9 Å². The number of methoxy groups -OCH3 is 1. The molecule has 0 amide bonds. The maximum Gasteiger partial charge on any atom is 0.314 e. The lowest BCUT2D eigenvalue weighted by molar-refractivity contribution is -0.142. The second-order valence-electron chi connectivity index (χ2n) is 5.07. The van der Waals surface area contributed by atoms with E-state index in [1.807, 2.05) is 31.5 Å². The predicted octanol–water partition coefficient (Wildman–Crippen LogP) is 3.46. The van der Waals surface area contributed by atoms with Gasteiger partial charge in [0, 0.05) is 11.9 Å². The highest BCUT2D eigenvalue weighted by Gasteiger charge is 2.25. The van der Waals surface area contributed by atoms with E-state index in [4.69, 9.17) is 4.74 Å². The van der Waals surface area contributed by atoms with Gasteiger partial charge >= 0.3 is 5.97 Å². The van der Waals surface area contributed by atoms with E-state index in [0.717, 1.165) is 21.4 Å². The van der Waals surface area contributed by atoms with Gasteiger partial charge < -0.3 is 9.30 Å². The van der Waals surface area contributed by atoms with Crippen LogP contribution in [0.4, 0.5) is 0 Å². The summed E-state index contributed by atoms with van der Waals surface area (Å²) in [6.45, 7) is 5.83. The Bertz CT molecular complexity index is 664. The molecule has 2 rings (SSSR count). The molecule has 0 aliphatic carbocycles. The average Bonchev–Trinajstić information content (AvgIpc) is 2.74. The summed E-state index contributed by atoms with van der Waals surface area (Å²) in [5.74, 6) is 0.248. The van der Waals surface area contributed by atoms with Gasteiger partial charge in [-0.2, -0.15) is 0 Å². The number of imidazole rings is 1. The molecule has 1 unspecified atom stereocenters. The molecule has 21 heavy (non-hydrogen) atoms. The summed E-state index contributed by atoms with van der Waals surface area (Å²) in [6.07, 6.45) is 0. The van der Waals surface area contributed by atoms with Crippen molar-refractivity contribution in [3.63, 3.8) is 0 Å². The molecule has 112 valence electrons. The van der Waals surface area contributed by atoms with Crippen molar-refractivity contribution >= 4 is 17.7 Å². The second kappa shape index (κ2) is 6.35. The van der Waals surface area contributed by atoms with Crippen molar-refractivity contribution in [1.82, 2.24) is 9.55 Å². The molecule has 5 heteroatoms. The van der Waals surface area contributed by atoms with Gasteiger partial charge in [-0.25, -0.2) is 4.98 Å². The van der Waals surface area contributed by atoms with E-state index in [-0.39, 0.29) is 11.9 Å². The summed E-state index contributed by atoms with van der Waals surface area (Å²) in [6, 6.07) is 8.28. The first-order chi connectivity index (χ1) is 9.93. The molecule has 0 bridgehead atoms. The number of aromatic nitrogens is 2. The fourth-order valence-corrected chi connectivity index (χ4v) is 3.31. The normalized spacial score (nSPS) is 12.2. The lowest BCUT2D eigenvalue weighted by atomic mass is 10.1. The minimum absolute atomic E-state index is 0.265. The maximum atomic E-state index is 11.8. The van der Waals surface area contributed by atoms with Crippen molar-refractivity contribution in [3.8, 4) is 0 Å². The van der Waals surface area contributed by atoms with Crippen LogP contribution in [0.25, 0.3) is 0 Å². The number of nitrogens with zero attached hydrogens (tertiary/aromatic N) is 2. The number of esters is 1. The Morgan fingerprint density at radius 1 is 1.38 bits per heavy atom. The van der Waals surface area contributed by atoms with Gasteiger partial charge in [-0.15, -0.1) is 0 Å². The van der Waals surface area contributed by atoms with Crippen LogP contribution >= 0.6 is 11.8 Å². The highest BCUT2D eigenvalue weighted by molar-refractivity contribution is 7.99. The van der Waals surface area contributed by atoms with Crippen LogP contribution in [0.5, 0.6) is 0 Å². The van der Waals surface area contributed by atoms with Crippen LogP contribution in [0.1, 0.15) is 29.9 Å². The van der Waals surface area contributed by atoms with Crippen LogP contribution < -0.4 is 0 Å². The van der Waals surface area contributed by atoms with Gasteiger partial charge in [0.05, 0.1) is 18.7 Å². The summed E-state index contributed by atoms with van der Waals surface area (Å²) in [4.78, 5) is 17.5. The molecule has 0 fully saturated rings. The molecule has 1 atom stereocenters. The SMILES string of the molecule is COC(=O)C(C)c1nc(C)n(C)c1Sc1cccc(C)c1. The Morgan fingerprint density at radius 2 is 2.10 bits per heavy atom. The van der Waals surface area contributed by atoms with E-state index in [1.165, 1.54) is 12.7 Å². The van der Waals surface area contributed by atoms with E-state index in [0.29, 0.717) is 0 Å². The van der Waals surface area contributed by atoms with Gasteiger partial charge in [0.15, 0.2) is 0 Å². The van der Waals surface area contributed by atoms with Gasteiger partial charge in [0.25, 0.3) is 0 Å². The van der Waals surface area contributed by atoms with Gasteiger partial charge in [-0.3, -0.25) is 4.79 Å². The number of hydrogen-bond acceptors (Lipinski definition) is 4. The number of hydrogen-bond donors (Lipinski definition) is 0. The molecule has 0 radical (unpaired) electrons. The Kier molecular flexibility index (Phi) is 4.73. The van der Waals surface area contributed by atoms with E-state index in [9.17, 15) is 4.79 Å². The quantitative estimate of drug-likeness (QED) is 0.811. The van der Waals surface area contributed by atoms with Gasteiger partial charge in [0.1, 0.15) is 10.9 Å². The molecule has 0 N–H and O–H groups in total. The monoisotopic (exact) mass is 304 g/mol. The Morgan fingerprint density at radius 3 is 2.71 bits per heavy atom. The summed E-state index contributed by atoms with van der Waals surface area (Å²) < 4.78 is 6.86. The summed E-state index contributed by atoms with van der Waals surface area (Å²) in [7, 11) is 3.37. The molecule has 1 aromatic carbocycles. The molecule has 4 nitrogen and oxygen atoms in total. The zero-order chi connectivity index (χ0) is 15.6. The number of carbonyl (C=O) groups excluding carboxylic acids is 1. The third-order valence-electron chi connectivity index (χ3n) is 3.46. The smallest absolute Gasteiger partial charge is 0.314 e.